The van der Waals surface area contributed by atoms with Crippen LogP contribution in [0.1, 0.15) is 54.1 Å². The van der Waals surface area contributed by atoms with Gasteiger partial charge in [0.15, 0.2) is 0 Å². The van der Waals surface area contributed by atoms with E-state index in [-0.39, 0.29) is 11.7 Å². The number of nitrogens with zero attached hydrogens (tertiary/aromatic N) is 3. The van der Waals surface area contributed by atoms with E-state index in [1.807, 2.05) is 12.1 Å². The molecule has 2 aromatic carbocycles. The highest BCUT2D eigenvalue weighted by atomic mass is 16.2. The summed E-state index contributed by atoms with van der Waals surface area (Å²) in [6.45, 7) is 8.61. The Morgan fingerprint density at radius 2 is 1.53 bits per heavy atom. The van der Waals surface area contributed by atoms with Crippen LogP contribution in [0.3, 0.4) is 0 Å². The summed E-state index contributed by atoms with van der Waals surface area (Å²) in [5.74, 6) is -0.714. The fourth-order valence-electron chi connectivity index (χ4n) is 4.74. The largest absolute Gasteiger partial charge is 0.303 e. The van der Waals surface area contributed by atoms with E-state index in [9.17, 15) is 9.59 Å². The number of piperazine rings is 1. The van der Waals surface area contributed by atoms with Gasteiger partial charge < -0.3 is 4.90 Å². The predicted octanol–water partition coefficient (Wildman–Crippen LogP) is 4.16. The lowest BCUT2D eigenvalue weighted by molar-refractivity contribution is -0.114. The van der Waals surface area contributed by atoms with Gasteiger partial charge in [0, 0.05) is 45.8 Å². The van der Waals surface area contributed by atoms with Crippen molar-refractivity contribution in [2.45, 2.75) is 45.6 Å². The van der Waals surface area contributed by atoms with Gasteiger partial charge in [-0.3, -0.25) is 19.4 Å². The van der Waals surface area contributed by atoms with Gasteiger partial charge in [-0.15, -0.1) is 0 Å². The van der Waals surface area contributed by atoms with Crippen LogP contribution in [0, 0.1) is 0 Å². The number of anilines is 1. The minimum Gasteiger partial charge on any atom is -0.303 e. The number of aryl methyl sites for hydroxylation is 1. The van der Waals surface area contributed by atoms with Gasteiger partial charge in [-0.25, -0.2) is 0 Å². The number of benzene rings is 2. The van der Waals surface area contributed by atoms with Gasteiger partial charge in [0.25, 0.3) is 11.7 Å². The molecule has 32 heavy (non-hydrogen) atoms. The zero-order chi connectivity index (χ0) is 22.3. The van der Waals surface area contributed by atoms with Crippen LogP contribution >= 0.6 is 0 Å². The van der Waals surface area contributed by atoms with Crippen molar-refractivity contribution in [2.24, 2.45) is 0 Å². The van der Waals surface area contributed by atoms with Crippen LogP contribution in [-0.2, 0) is 17.8 Å². The molecule has 1 saturated heterocycles. The molecular weight excluding hydrogens is 398 g/mol. The van der Waals surface area contributed by atoms with E-state index < -0.39 is 0 Å². The summed E-state index contributed by atoms with van der Waals surface area (Å²) in [4.78, 5) is 31.8. The topological polar surface area (TPSA) is 43.9 Å². The third-order valence-corrected chi connectivity index (χ3v) is 6.71. The summed E-state index contributed by atoms with van der Waals surface area (Å²) >= 11 is 0. The molecule has 2 aliphatic heterocycles. The van der Waals surface area contributed by atoms with Crippen molar-refractivity contribution >= 4 is 17.4 Å². The van der Waals surface area contributed by atoms with E-state index in [1.165, 1.54) is 24.8 Å². The van der Waals surface area contributed by atoms with Crippen molar-refractivity contribution in [2.75, 3.05) is 44.2 Å². The second-order valence-electron chi connectivity index (χ2n) is 9.05. The van der Waals surface area contributed by atoms with E-state index in [2.05, 4.69) is 53.1 Å². The molecule has 0 radical (unpaired) electrons. The van der Waals surface area contributed by atoms with Crippen LogP contribution in [-0.4, -0.2) is 60.8 Å². The maximum Gasteiger partial charge on any atom is 0.299 e. The number of rotatable bonds is 10. The number of hydrogen-bond donors (Lipinski definition) is 0. The Hall–Kier alpha value is -2.50. The molecule has 4 rings (SSSR count). The third kappa shape index (κ3) is 5.45. The van der Waals surface area contributed by atoms with E-state index in [0.29, 0.717) is 12.1 Å². The highest BCUT2D eigenvalue weighted by Gasteiger charge is 2.36. The van der Waals surface area contributed by atoms with Crippen molar-refractivity contribution in [3.8, 4) is 0 Å². The summed E-state index contributed by atoms with van der Waals surface area (Å²) < 4.78 is 0. The van der Waals surface area contributed by atoms with Crippen LogP contribution in [0.2, 0.25) is 0 Å². The van der Waals surface area contributed by atoms with Gasteiger partial charge in [0.2, 0.25) is 0 Å². The minimum absolute atomic E-state index is 0.344. The molecule has 0 aliphatic carbocycles. The molecule has 0 bridgehead atoms. The zero-order valence-corrected chi connectivity index (χ0v) is 19.3. The number of carbonyl (C=O) groups excluding carboxylic acids is 2. The normalized spacial score (nSPS) is 17.2. The molecule has 0 saturated carbocycles. The molecule has 0 spiro atoms. The lowest BCUT2D eigenvalue weighted by Gasteiger charge is -2.35. The standard InChI is InChI=1S/C27H35N3O2/c1-2-3-4-6-9-22-12-13-25-24(20-22)26(31)27(32)30(25)19-18-28-14-16-29(17-15-28)21-23-10-7-5-8-11-23/h5,7-8,10-13,20H,2-4,6,9,14-19,21H2,1H3. The molecule has 2 aromatic rings. The maximum atomic E-state index is 12.7. The van der Waals surface area contributed by atoms with Crippen LogP contribution < -0.4 is 4.90 Å². The molecular formula is C27H35N3O2. The van der Waals surface area contributed by atoms with E-state index >= 15 is 0 Å². The van der Waals surface area contributed by atoms with Gasteiger partial charge in [-0.1, -0.05) is 62.6 Å². The molecule has 0 unspecified atom stereocenters. The average Bonchev–Trinajstić information content (AvgIpc) is 3.06. The fourth-order valence-corrected chi connectivity index (χ4v) is 4.74. The number of hydrogen-bond acceptors (Lipinski definition) is 4. The van der Waals surface area contributed by atoms with Crippen molar-refractivity contribution in [1.82, 2.24) is 9.80 Å². The van der Waals surface area contributed by atoms with Crippen molar-refractivity contribution in [3.63, 3.8) is 0 Å². The van der Waals surface area contributed by atoms with Crippen molar-refractivity contribution in [3.05, 3.63) is 65.2 Å². The molecule has 1 fully saturated rings. The Morgan fingerprint density at radius 3 is 2.28 bits per heavy atom. The second kappa shape index (κ2) is 10.9. The molecule has 5 nitrogen and oxygen atoms in total. The Morgan fingerprint density at radius 1 is 0.781 bits per heavy atom. The van der Waals surface area contributed by atoms with Gasteiger partial charge in [0.1, 0.15) is 0 Å². The monoisotopic (exact) mass is 433 g/mol. The molecule has 0 N–H and O–H groups in total. The Balaban J connectivity index is 1.28. The lowest BCUT2D eigenvalue weighted by Crippen LogP contribution is -2.48. The average molecular weight is 434 g/mol. The second-order valence-corrected chi connectivity index (χ2v) is 9.05. The first kappa shape index (κ1) is 22.7. The molecule has 0 aromatic heterocycles. The first-order chi connectivity index (χ1) is 15.7. The number of fused-ring (bicyclic) bond motifs is 1. The summed E-state index contributed by atoms with van der Waals surface area (Å²) in [7, 11) is 0. The van der Waals surface area contributed by atoms with Crippen LogP contribution in [0.15, 0.2) is 48.5 Å². The third-order valence-electron chi connectivity index (χ3n) is 6.71. The summed E-state index contributed by atoms with van der Waals surface area (Å²) in [6.07, 6.45) is 5.78. The van der Waals surface area contributed by atoms with Gasteiger partial charge >= 0.3 is 0 Å². The van der Waals surface area contributed by atoms with Gasteiger partial charge in [-0.2, -0.15) is 0 Å². The Bertz CT molecular complexity index is 920. The van der Waals surface area contributed by atoms with Crippen molar-refractivity contribution < 1.29 is 9.59 Å². The van der Waals surface area contributed by atoms with Crippen LogP contribution in [0.5, 0.6) is 0 Å². The zero-order valence-electron chi connectivity index (χ0n) is 19.3. The number of ketones is 1. The molecule has 0 atom stereocenters. The Kier molecular flexibility index (Phi) is 7.72. The van der Waals surface area contributed by atoms with E-state index in [4.69, 9.17) is 0 Å². The first-order valence-electron chi connectivity index (χ1n) is 12.1. The number of amides is 1. The fraction of sp³-hybridized carbons (Fsp3) is 0.481. The van der Waals surface area contributed by atoms with Crippen LogP contribution in [0.4, 0.5) is 5.69 Å². The number of carbonyl (C=O) groups is 2. The summed E-state index contributed by atoms with van der Waals surface area (Å²) in [6, 6.07) is 16.6. The molecule has 2 aliphatic rings. The minimum atomic E-state index is -0.370. The number of unbranched alkanes of at least 4 members (excludes halogenated alkanes) is 3. The molecule has 2 heterocycles. The molecule has 1 amide bonds. The van der Waals surface area contributed by atoms with Gasteiger partial charge in [-0.05, 0) is 36.1 Å². The number of Topliss-reactive ketones (excluding diaryl/α,β-unsaturated/α-hetero) is 1. The Labute approximate surface area is 192 Å². The highest BCUT2D eigenvalue weighted by molar-refractivity contribution is 6.52. The quantitative estimate of drug-likeness (QED) is 0.417. The predicted molar refractivity (Wildman–Crippen MR) is 129 cm³/mol. The van der Waals surface area contributed by atoms with E-state index in [1.54, 1.807) is 4.90 Å². The molecule has 5 heteroatoms. The lowest BCUT2D eigenvalue weighted by atomic mass is 10.0. The molecule has 170 valence electrons. The van der Waals surface area contributed by atoms with E-state index in [0.717, 1.165) is 63.4 Å². The highest BCUT2D eigenvalue weighted by Crippen LogP contribution is 2.30. The first-order valence-corrected chi connectivity index (χ1v) is 12.1. The SMILES string of the molecule is CCCCCCc1ccc2c(c1)C(=O)C(=O)N2CCN1CCN(Cc2ccccc2)CC1. The van der Waals surface area contributed by atoms with Crippen LogP contribution in [0.25, 0.3) is 0 Å². The summed E-state index contributed by atoms with van der Waals surface area (Å²) in [5.41, 5.74) is 3.90. The van der Waals surface area contributed by atoms with Gasteiger partial charge in [0.05, 0.1) is 11.3 Å². The smallest absolute Gasteiger partial charge is 0.299 e. The summed E-state index contributed by atoms with van der Waals surface area (Å²) in [5, 5.41) is 0. The van der Waals surface area contributed by atoms with Crippen molar-refractivity contribution in [1.29, 1.82) is 0 Å². The maximum absolute atomic E-state index is 12.7.